The Hall–Kier alpha value is 0.248. The molecule has 25 heavy (non-hydrogen) atoms. The van der Waals surface area contributed by atoms with Crippen molar-refractivity contribution in [2.24, 2.45) is 5.41 Å². The van der Waals surface area contributed by atoms with Gasteiger partial charge < -0.3 is 50.4 Å². The van der Waals surface area contributed by atoms with E-state index in [0.29, 0.717) is 6.42 Å². The molecule has 0 bridgehead atoms. The molecule has 0 amide bonds. The quantitative estimate of drug-likeness (QED) is 0.122. The van der Waals surface area contributed by atoms with Crippen LogP contribution in [0.4, 0.5) is 0 Å². The zero-order chi connectivity index (χ0) is 19.2. The first kappa shape index (κ1) is 30.0. The van der Waals surface area contributed by atoms with Crippen molar-refractivity contribution in [3.63, 3.8) is 0 Å². The first-order valence-electron chi connectivity index (χ1n) is 6.82. The summed E-state index contributed by atoms with van der Waals surface area (Å²) in [6, 6.07) is 0. The van der Waals surface area contributed by atoms with Gasteiger partial charge in [0.25, 0.3) is 0 Å². The SMILES string of the molecule is O=C([O-])C1(C(=O)[O-])CCC1.OCP(CO)CO.OCP(CO)CO.[Pt+2]. The van der Waals surface area contributed by atoms with Gasteiger partial charge in [0.2, 0.25) is 0 Å². The third-order valence-electron chi connectivity index (χ3n) is 3.19. The van der Waals surface area contributed by atoms with Crippen LogP contribution in [0.1, 0.15) is 19.3 Å². The van der Waals surface area contributed by atoms with Gasteiger partial charge in [-0.25, -0.2) is 0 Å². The molecule has 0 unspecified atom stereocenters. The Balaban J connectivity index is -0.000000293. The molecule has 0 aromatic carbocycles. The van der Waals surface area contributed by atoms with E-state index in [4.69, 9.17) is 30.6 Å². The van der Waals surface area contributed by atoms with Crippen molar-refractivity contribution in [2.45, 2.75) is 19.3 Å². The average Bonchev–Trinajstić information content (AvgIpc) is 2.50. The van der Waals surface area contributed by atoms with Crippen LogP contribution in [0.5, 0.6) is 0 Å². The number of hydrogen-bond donors (Lipinski definition) is 6. The Morgan fingerprint density at radius 1 is 0.720 bits per heavy atom. The molecule has 1 fully saturated rings. The van der Waals surface area contributed by atoms with Crippen molar-refractivity contribution in [1.82, 2.24) is 0 Å². The summed E-state index contributed by atoms with van der Waals surface area (Å²) in [5, 5.41) is 69.8. The van der Waals surface area contributed by atoms with Gasteiger partial charge in [0.15, 0.2) is 0 Å². The molecular weight excluding hydrogens is 561 g/mol. The van der Waals surface area contributed by atoms with Crippen LogP contribution in [0.2, 0.25) is 0 Å². The molecule has 6 N–H and O–H groups in total. The van der Waals surface area contributed by atoms with E-state index in [1.807, 2.05) is 0 Å². The summed E-state index contributed by atoms with van der Waals surface area (Å²) in [5.41, 5.74) is -1.67. The fourth-order valence-corrected chi connectivity index (χ4v) is 1.83. The number of carbonyl (C=O) groups excluding carboxylic acids is 2. The number of aliphatic carboxylic acids is 2. The summed E-state index contributed by atoms with van der Waals surface area (Å²) in [6.07, 6.45) is 0.442. The van der Waals surface area contributed by atoms with E-state index in [2.05, 4.69) is 0 Å². The largest absolute Gasteiger partial charge is 2.00 e. The van der Waals surface area contributed by atoms with E-state index in [-0.39, 0.29) is 72.0 Å². The van der Waals surface area contributed by atoms with Gasteiger partial charge in [-0.05, 0) is 28.7 Å². The monoisotopic (exact) mass is 585 g/mol. The van der Waals surface area contributed by atoms with Crippen molar-refractivity contribution >= 4 is 27.8 Å². The number of aliphatic hydroxyl groups is 6. The molecule has 10 nitrogen and oxygen atoms in total. The van der Waals surface area contributed by atoms with Crippen molar-refractivity contribution in [3.05, 3.63) is 0 Å². The van der Waals surface area contributed by atoms with E-state index < -0.39 is 33.2 Å². The van der Waals surface area contributed by atoms with E-state index in [1.54, 1.807) is 0 Å². The fourth-order valence-electron chi connectivity index (χ4n) is 1.29. The molecule has 0 aromatic heterocycles. The standard InChI is InChI=1S/C6H8O4.2C3H9O3P.Pt/c7-4(8)6(5(9)10)2-1-3-6;2*4-1-7(2-5)3-6;/h1-3H2,(H,7,8)(H,9,10);2*4-6H,1-3H2;/q;;;+2/p-2. The number of hydrogen-bond acceptors (Lipinski definition) is 10. The number of aliphatic hydroxyl groups excluding tert-OH is 6. The summed E-state index contributed by atoms with van der Waals surface area (Å²) in [5.74, 6) is -3.03. The molecule has 0 atom stereocenters. The predicted molar refractivity (Wildman–Crippen MR) is 82.7 cm³/mol. The Kier molecular flexibility index (Phi) is 21.2. The van der Waals surface area contributed by atoms with Gasteiger partial charge in [0, 0.05) is 5.41 Å². The van der Waals surface area contributed by atoms with E-state index in [1.165, 1.54) is 0 Å². The topological polar surface area (TPSA) is 202 Å². The molecule has 0 aromatic rings. The number of carboxylic acids is 2. The second kappa shape index (κ2) is 17.7. The number of rotatable bonds is 8. The minimum atomic E-state index is -1.67. The van der Waals surface area contributed by atoms with Crippen LogP contribution in [-0.4, -0.2) is 80.7 Å². The summed E-state index contributed by atoms with van der Waals surface area (Å²) in [6.45, 7) is 0. The first-order valence-corrected chi connectivity index (χ1v) is 10.6. The zero-order valence-corrected chi connectivity index (χ0v) is 17.5. The molecular formula is C12H24O10P2Pt. The normalized spacial score (nSPS) is 14.2. The molecule has 1 aliphatic carbocycles. The van der Waals surface area contributed by atoms with E-state index in [0.717, 1.165) is 0 Å². The smallest absolute Gasteiger partial charge is 0.549 e. The Morgan fingerprint density at radius 3 is 0.960 bits per heavy atom. The van der Waals surface area contributed by atoms with Crippen LogP contribution < -0.4 is 10.2 Å². The van der Waals surface area contributed by atoms with Crippen molar-refractivity contribution in [1.29, 1.82) is 0 Å². The van der Waals surface area contributed by atoms with Gasteiger partial charge >= 0.3 is 21.1 Å². The van der Waals surface area contributed by atoms with Gasteiger partial charge in [-0.2, -0.15) is 0 Å². The molecule has 0 radical (unpaired) electrons. The molecule has 1 saturated carbocycles. The van der Waals surface area contributed by atoms with Crippen LogP contribution in [0.25, 0.3) is 0 Å². The van der Waals surface area contributed by atoms with Gasteiger partial charge in [-0.1, -0.05) is 6.42 Å². The average molecular weight is 585 g/mol. The van der Waals surface area contributed by atoms with Crippen LogP contribution >= 0.6 is 15.8 Å². The molecule has 0 heterocycles. The van der Waals surface area contributed by atoms with Gasteiger partial charge in [0.05, 0.1) is 50.0 Å². The summed E-state index contributed by atoms with van der Waals surface area (Å²) in [4.78, 5) is 20.4. The maximum Gasteiger partial charge on any atom is 2.00 e. The second-order valence-electron chi connectivity index (χ2n) is 4.70. The molecule has 13 heteroatoms. The maximum atomic E-state index is 10.2. The second-order valence-corrected chi connectivity index (χ2v) is 9.08. The van der Waals surface area contributed by atoms with Crippen LogP contribution in [0.3, 0.4) is 0 Å². The molecule has 0 spiro atoms. The molecule has 0 saturated heterocycles. The van der Waals surface area contributed by atoms with Gasteiger partial charge in [0.1, 0.15) is 0 Å². The zero-order valence-electron chi connectivity index (χ0n) is 13.4. The third kappa shape index (κ3) is 11.5. The molecule has 1 rings (SSSR count). The molecule has 1 aliphatic rings. The van der Waals surface area contributed by atoms with Crippen molar-refractivity contribution in [3.8, 4) is 0 Å². The van der Waals surface area contributed by atoms with Crippen molar-refractivity contribution < 1.29 is 71.5 Å². The van der Waals surface area contributed by atoms with E-state index >= 15 is 0 Å². The van der Waals surface area contributed by atoms with Crippen molar-refractivity contribution in [2.75, 3.05) is 38.1 Å². The minimum Gasteiger partial charge on any atom is -0.549 e. The Labute approximate surface area is 162 Å². The molecule has 152 valence electrons. The molecule has 0 aliphatic heterocycles. The first-order chi connectivity index (χ1) is 11.3. The third-order valence-corrected chi connectivity index (χ3v) is 5.59. The predicted octanol–water partition coefficient (Wildman–Crippen LogP) is -3.71. The Morgan fingerprint density at radius 2 is 0.960 bits per heavy atom. The van der Waals surface area contributed by atoms with Gasteiger partial charge in [-0.3, -0.25) is 0 Å². The maximum absolute atomic E-state index is 10.2. The Bertz CT molecular complexity index is 310. The van der Waals surface area contributed by atoms with Gasteiger partial charge in [-0.15, -0.1) is 0 Å². The number of carbonyl (C=O) groups is 2. The van der Waals surface area contributed by atoms with E-state index in [9.17, 15) is 19.8 Å². The summed E-state index contributed by atoms with van der Waals surface area (Å²) >= 11 is 0. The summed E-state index contributed by atoms with van der Waals surface area (Å²) < 4.78 is 0. The number of carboxylic acid groups (broad SMARTS) is 2. The minimum absolute atomic E-state index is 0. The van der Waals surface area contributed by atoms with Crippen LogP contribution in [0.15, 0.2) is 0 Å². The summed E-state index contributed by atoms with van der Waals surface area (Å²) in [7, 11) is -1.77. The van der Waals surface area contributed by atoms with Crippen LogP contribution in [0, 0.1) is 5.41 Å². The fraction of sp³-hybridized carbons (Fsp3) is 0.833. The van der Waals surface area contributed by atoms with Crippen LogP contribution in [-0.2, 0) is 30.7 Å².